The molecule has 1 N–H and O–H groups in total. The molecule has 0 amide bonds. The molecule has 3 aromatic rings. The third-order valence-corrected chi connectivity index (χ3v) is 4.91. The Hall–Kier alpha value is -2.07. The number of nitrogens with one attached hydrogen (secondary N) is 1. The summed E-state index contributed by atoms with van der Waals surface area (Å²) in [7, 11) is 0. The number of nitrogens with zero attached hydrogens (tertiary/aromatic N) is 2. The van der Waals surface area contributed by atoms with Gasteiger partial charge in [0.15, 0.2) is 0 Å². The minimum Gasteiger partial charge on any atom is -0.369 e. The van der Waals surface area contributed by atoms with E-state index >= 15 is 0 Å². The van der Waals surface area contributed by atoms with E-state index in [0.29, 0.717) is 0 Å². The largest absolute Gasteiger partial charge is 0.369 e. The van der Waals surface area contributed by atoms with E-state index in [0.717, 1.165) is 30.2 Å². The zero-order valence-corrected chi connectivity index (χ0v) is 13.0. The molecule has 0 bridgehead atoms. The molecule has 3 heterocycles. The lowest BCUT2D eigenvalue weighted by Gasteiger charge is -2.06. The lowest BCUT2D eigenvalue weighted by atomic mass is 10.2. The van der Waals surface area contributed by atoms with Crippen LogP contribution in [-0.2, 0) is 6.42 Å². The van der Waals surface area contributed by atoms with E-state index in [-0.39, 0.29) is 0 Å². The average molecular weight is 295 g/mol. The van der Waals surface area contributed by atoms with Crippen LogP contribution in [0.5, 0.6) is 0 Å². The second-order valence-electron chi connectivity index (χ2n) is 5.51. The van der Waals surface area contributed by atoms with Crippen LogP contribution in [0, 0.1) is 13.8 Å². The third-order valence-electron chi connectivity index (χ3n) is 3.90. The Morgan fingerprint density at radius 1 is 1.10 bits per heavy atom. The number of thiophene rings is 1. The molecule has 4 rings (SSSR count). The van der Waals surface area contributed by atoms with Gasteiger partial charge in [-0.15, -0.1) is 11.3 Å². The summed E-state index contributed by atoms with van der Waals surface area (Å²) in [6.45, 7) is 5.25. The Bertz CT molecular complexity index is 796. The predicted molar refractivity (Wildman–Crippen MR) is 88.5 cm³/mol. The molecule has 2 aromatic heterocycles. The van der Waals surface area contributed by atoms with Crippen molar-refractivity contribution in [1.29, 1.82) is 0 Å². The van der Waals surface area contributed by atoms with Crippen LogP contribution < -0.4 is 5.32 Å². The fraction of sp³-hybridized carbons (Fsp3) is 0.235. The van der Waals surface area contributed by atoms with Gasteiger partial charge in [-0.05, 0) is 44.5 Å². The number of fused-ring (bicyclic) bond motifs is 1. The van der Waals surface area contributed by atoms with Gasteiger partial charge >= 0.3 is 0 Å². The summed E-state index contributed by atoms with van der Waals surface area (Å²) in [5.74, 6) is 1.15. The van der Waals surface area contributed by atoms with Gasteiger partial charge in [0.05, 0.1) is 10.6 Å². The van der Waals surface area contributed by atoms with Gasteiger partial charge in [-0.3, -0.25) is 0 Å². The van der Waals surface area contributed by atoms with Crippen molar-refractivity contribution in [2.45, 2.75) is 20.3 Å². The van der Waals surface area contributed by atoms with Crippen molar-refractivity contribution in [1.82, 2.24) is 9.78 Å². The standard InChI is InChI=1S/C17H17N3S/c1-11-3-6-13(7-4-11)20-17-14(9-10-18-17)16(19-20)15-8-5-12(2)21-15/h3-8,18H,9-10H2,1-2H3. The Morgan fingerprint density at radius 3 is 2.62 bits per heavy atom. The second kappa shape index (κ2) is 4.74. The van der Waals surface area contributed by atoms with Crippen molar-refractivity contribution in [3.05, 3.63) is 52.4 Å². The molecule has 1 aliphatic heterocycles. The topological polar surface area (TPSA) is 29.9 Å². The summed E-state index contributed by atoms with van der Waals surface area (Å²) in [6, 6.07) is 12.9. The van der Waals surface area contributed by atoms with Crippen LogP contribution in [0.2, 0.25) is 0 Å². The second-order valence-corrected chi connectivity index (χ2v) is 6.80. The Kier molecular flexibility index (Phi) is 2.86. The van der Waals surface area contributed by atoms with Gasteiger partial charge in [0, 0.05) is 17.0 Å². The van der Waals surface area contributed by atoms with E-state index in [1.165, 1.54) is 20.9 Å². The maximum Gasteiger partial charge on any atom is 0.133 e. The molecule has 0 spiro atoms. The average Bonchev–Trinajstić information content (AvgIpc) is 3.15. The van der Waals surface area contributed by atoms with Gasteiger partial charge in [0.1, 0.15) is 11.5 Å². The number of hydrogen-bond acceptors (Lipinski definition) is 3. The summed E-state index contributed by atoms with van der Waals surface area (Å²) in [5.41, 5.74) is 4.86. The molecule has 0 atom stereocenters. The Balaban J connectivity index is 1.88. The van der Waals surface area contributed by atoms with Crippen LogP contribution in [0.3, 0.4) is 0 Å². The van der Waals surface area contributed by atoms with E-state index in [2.05, 4.69) is 55.6 Å². The number of hydrogen-bond donors (Lipinski definition) is 1. The lowest BCUT2D eigenvalue weighted by molar-refractivity contribution is 0.883. The molecule has 21 heavy (non-hydrogen) atoms. The van der Waals surface area contributed by atoms with Gasteiger partial charge in [0.2, 0.25) is 0 Å². The zero-order chi connectivity index (χ0) is 14.4. The van der Waals surface area contributed by atoms with Gasteiger partial charge in [-0.2, -0.15) is 5.10 Å². The summed E-state index contributed by atoms with van der Waals surface area (Å²) < 4.78 is 2.05. The number of rotatable bonds is 2. The third kappa shape index (κ3) is 2.07. The molecule has 3 nitrogen and oxygen atoms in total. The fourth-order valence-corrected chi connectivity index (χ4v) is 3.69. The quantitative estimate of drug-likeness (QED) is 0.768. The number of aromatic nitrogens is 2. The molecule has 1 aromatic carbocycles. The summed E-state index contributed by atoms with van der Waals surface area (Å²) in [6.07, 6.45) is 1.05. The first-order chi connectivity index (χ1) is 10.2. The molecule has 0 saturated carbocycles. The van der Waals surface area contributed by atoms with E-state index in [4.69, 9.17) is 5.10 Å². The van der Waals surface area contributed by atoms with Crippen LogP contribution in [-0.4, -0.2) is 16.3 Å². The minimum atomic E-state index is 0.996. The van der Waals surface area contributed by atoms with Crippen molar-refractivity contribution < 1.29 is 0 Å². The van der Waals surface area contributed by atoms with Crippen LogP contribution in [0.25, 0.3) is 16.3 Å². The van der Waals surface area contributed by atoms with Crippen molar-refractivity contribution in [3.8, 4) is 16.3 Å². The van der Waals surface area contributed by atoms with Crippen molar-refractivity contribution in [2.75, 3.05) is 11.9 Å². The molecular weight excluding hydrogens is 278 g/mol. The molecule has 106 valence electrons. The summed E-state index contributed by atoms with van der Waals surface area (Å²) >= 11 is 1.81. The molecule has 0 saturated heterocycles. The Morgan fingerprint density at radius 2 is 1.90 bits per heavy atom. The Labute approximate surface area is 128 Å². The fourth-order valence-electron chi connectivity index (χ4n) is 2.81. The van der Waals surface area contributed by atoms with Gasteiger partial charge < -0.3 is 5.32 Å². The van der Waals surface area contributed by atoms with Gasteiger partial charge in [-0.25, -0.2) is 4.68 Å². The predicted octanol–water partition coefficient (Wildman–Crippen LogP) is 4.19. The van der Waals surface area contributed by atoms with Crippen LogP contribution in [0.4, 0.5) is 5.82 Å². The van der Waals surface area contributed by atoms with Crippen molar-refractivity contribution >= 4 is 17.2 Å². The van der Waals surface area contributed by atoms with E-state index in [1.807, 2.05) is 16.0 Å². The first-order valence-electron chi connectivity index (χ1n) is 7.22. The normalized spacial score (nSPS) is 13.2. The molecule has 0 fully saturated rings. The maximum atomic E-state index is 4.88. The molecule has 4 heteroatoms. The molecule has 0 aliphatic carbocycles. The maximum absolute atomic E-state index is 4.88. The van der Waals surface area contributed by atoms with Crippen LogP contribution >= 0.6 is 11.3 Å². The summed E-state index contributed by atoms with van der Waals surface area (Å²) in [4.78, 5) is 2.59. The highest BCUT2D eigenvalue weighted by molar-refractivity contribution is 7.15. The lowest BCUT2D eigenvalue weighted by Crippen LogP contribution is -2.04. The molecular formula is C17H17N3S. The van der Waals surface area contributed by atoms with Crippen LogP contribution in [0.1, 0.15) is 16.0 Å². The van der Waals surface area contributed by atoms with Gasteiger partial charge in [-0.1, -0.05) is 17.7 Å². The monoisotopic (exact) mass is 295 g/mol. The molecule has 0 unspecified atom stereocenters. The highest BCUT2D eigenvalue weighted by atomic mass is 32.1. The molecule has 0 radical (unpaired) electrons. The highest BCUT2D eigenvalue weighted by Crippen LogP contribution is 2.37. The zero-order valence-electron chi connectivity index (χ0n) is 12.2. The number of anilines is 1. The number of aryl methyl sites for hydroxylation is 2. The first kappa shape index (κ1) is 12.7. The highest BCUT2D eigenvalue weighted by Gasteiger charge is 2.24. The minimum absolute atomic E-state index is 0.996. The van der Waals surface area contributed by atoms with E-state index in [1.54, 1.807) is 0 Å². The first-order valence-corrected chi connectivity index (χ1v) is 8.03. The van der Waals surface area contributed by atoms with Crippen molar-refractivity contribution in [3.63, 3.8) is 0 Å². The summed E-state index contributed by atoms with van der Waals surface area (Å²) in [5, 5.41) is 8.36. The van der Waals surface area contributed by atoms with E-state index < -0.39 is 0 Å². The van der Waals surface area contributed by atoms with Crippen LogP contribution in [0.15, 0.2) is 36.4 Å². The molecule has 1 aliphatic rings. The number of benzene rings is 1. The SMILES string of the molecule is Cc1ccc(-n2nc(-c3ccc(C)s3)c3c2NCC3)cc1. The van der Waals surface area contributed by atoms with Gasteiger partial charge in [0.25, 0.3) is 0 Å². The van der Waals surface area contributed by atoms with E-state index in [9.17, 15) is 0 Å². The smallest absolute Gasteiger partial charge is 0.133 e. The van der Waals surface area contributed by atoms with Crippen molar-refractivity contribution in [2.24, 2.45) is 0 Å².